The van der Waals surface area contributed by atoms with Gasteiger partial charge in [-0.1, -0.05) is 6.07 Å². The SMILES string of the molecule is CC#CCC(Cc1ccccn1)NN. The Balaban J connectivity index is 2.51. The van der Waals surface area contributed by atoms with E-state index < -0.39 is 0 Å². The van der Waals surface area contributed by atoms with Crippen LogP contribution in [0.15, 0.2) is 24.4 Å². The number of rotatable bonds is 4. The minimum Gasteiger partial charge on any atom is -0.271 e. The average molecular weight is 189 g/mol. The van der Waals surface area contributed by atoms with Crippen LogP contribution in [0.5, 0.6) is 0 Å². The van der Waals surface area contributed by atoms with Crippen LogP contribution in [0.1, 0.15) is 19.0 Å². The van der Waals surface area contributed by atoms with Crippen LogP contribution in [-0.4, -0.2) is 11.0 Å². The van der Waals surface area contributed by atoms with E-state index in [0.29, 0.717) is 0 Å². The van der Waals surface area contributed by atoms with E-state index in [-0.39, 0.29) is 6.04 Å². The van der Waals surface area contributed by atoms with Crippen molar-refractivity contribution >= 4 is 0 Å². The van der Waals surface area contributed by atoms with E-state index in [1.807, 2.05) is 25.1 Å². The average Bonchev–Trinajstić information content (AvgIpc) is 2.25. The Bertz CT molecular complexity index is 310. The summed E-state index contributed by atoms with van der Waals surface area (Å²) in [5.74, 6) is 11.3. The van der Waals surface area contributed by atoms with Crippen LogP contribution in [-0.2, 0) is 6.42 Å². The third-order valence-electron chi connectivity index (χ3n) is 1.94. The van der Waals surface area contributed by atoms with E-state index in [2.05, 4.69) is 22.3 Å². The number of hydrogen-bond acceptors (Lipinski definition) is 3. The summed E-state index contributed by atoms with van der Waals surface area (Å²) in [6.45, 7) is 1.83. The van der Waals surface area contributed by atoms with Crippen molar-refractivity contribution in [3.63, 3.8) is 0 Å². The highest BCUT2D eigenvalue weighted by Gasteiger charge is 2.05. The van der Waals surface area contributed by atoms with E-state index in [1.165, 1.54) is 0 Å². The van der Waals surface area contributed by atoms with Crippen LogP contribution in [0.2, 0.25) is 0 Å². The summed E-state index contributed by atoms with van der Waals surface area (Å²) in [4.78, 5) is 4.23. The van der Waals surface area contributed by atoms with Crippen LogP contribution in [0.4, 0.5) is 0 Å². The molecule has 0 saturated carbocycles. The third-order valence-corrected chi connectivity index (χ3v) is 1.94. The molecule has 1 atom stereocenters. The van der Waals surface area contributed by atoms with E-state index in [9.17, 15) is 0 Å². The van der Waals surface area contributed by atoms with Gasteiger partial charge in [0.05, 0.1) is 0 Å². The lowest BCUT2D eigenvalue weighted by molar-refractivity contribution is 0.531. The zero-order chi connectivity index (χ0) is 10.2. The molecule has 1 heterocycles. The zero-order valence-corrected chi connectivity index (χ0v) is 8.33. The molecule has 1 aromatic rings. The molecule has 1 rings (SSSR count). The molecule has 3 nitrogen and oxygen atoms in total. The first-order valence-corrected chi connectivity index (χ1v) is 4.62. The Hall–Kier alpha value is -1.37. The maximum Gasteiger partial charge on any atom is 0.0420 e. The van der Waals surface area contributed by atoms with Crippen molar-refractivity contribution in [2.45, 2.75) is 25.8 Å². The fourth-order valence-electron chi connectivity index (χ4n) is 1.19. The fourth-order valence-corrected chi connectivity index (χ4v) is 1.19. The Morgan fingerprint density at radius 3 is 3.00 bits per heavy atom. The first-order chi connectivity index (χ1) is 6.86. The van der Waals surface area contributed by atoms with E-state index >= 15 is 0 Å². The highest BCUT2D eigenvalue weighted by atomic mass is 15.2. The number of aromatic nitrogens is 1. The lowest BCUT2D eigenvalue weighted by atomic mass is 10.1. The van der Waals surface area contributed by atoms with Crippen LogP contribution in [0, 0.1) is 11.8 Å². The molecule has 3 N–H and O–H groups in total. The number of nitrogens with one attached hydrogen (secondary N) is 1. The van der Waals surface area contributed by atoms with Gasteiger partial charge in [-0.15, -0.1) is 11.8 Å². The highest BCUT2D eigenvalue weighted by molar-refractivity contribution is 5.07. The molecule has 14 heavy (non-hydrogen) atoms. The molecule has 0 fully saturated rings. The van der Waals surface area contributed by atoms with Gasteiger partial charge in [-0.25, -0.2) is 0 Å². The lowest BCUT2D eigenvalue weighted by Gasteiger charge is -2.11. The van der Waals surface area contributed by atoms with Gasteiger partial charge in [0.15, 0.2) is 0 Å². The topological polar surface area (TPSA) is 50.9 Å². The van der Waals surface area contributed by atoms with Gasteiger partial charge in [0.2, 0.25) is 0 Å². The van der Waals surface area contributed by atoms with Crippen LogP contribution >= 0.6 is 0 Å². The summed E-state index contributed by atoms with van der Waals surface area (Å²) in [5, 5.41) is 0. The van der Waals surface area contributed by atoms with Gasteiger partial charge in [-0.05, 0) is 19.1 Å². The van der Waals surface area contributed by atoms with Crippen molar-refractivity contribution in [3.8, 4) is 11.8 Å². The van der Waals surface area contributed by atoms with Crippen LogP contribution in [0.3, 0.4) is 0 Å². The number of nitrogens with zero attached hydrogens (tertiary/aromatic N) is 1. The van der Waals surface area contributed by atoms with Crippen molar-refractivity contribution in [2.24, 2.45) is 5.84 Å². The van der Waals surface area contributed by atoms with Crippen LogP contribution < -0.4 is 11.3 Å². The predicted octanol–water partition coefficient (Wildman–Crippen LogP) is 0.869. The summed E-state index contributed by atoms with van der Waals surface area (Å²) < 4.78 is 0. The van der Waals surface area contributed by atoms with Gasteiger partial charge in [-0.2, -0.15) is 0 Å². The van der Waals surface area contributed by atoms with Gasteiger partial charge >= 0.3 is 0 Å². The Morgan fingerprint density at radius 2 is 2.43 bits per heavy atom. The largest absolute Gasteiger partial charge is 0.271 e. The molecule has 0 bridgehead atoms. The maximum atomic E-state index is 5.42. The second kappa shape index (κ2) is 6.14. The van der Waals surface area contributed by atoms with Gasteiger partial charge in [-0.3, -0.25) is 16.3 Å². The molecule has 74 valence electrons. The summed E-state index contributed by atoms with van der Waals surface area (Å²) in [7, 11) is 0. The number of nitrogens with two attached hydrogens (primary N) is 1. The normalized spacial score (nSPS) is 11.6. The number of hydrazine groups is 1. The molecular formula is C11H15N3. The lowest BCUT2D eigenvalue weighted by Crippen LogP contribution is -2.36. The second-order valence-corrected chi connectivity index (χ2v) is 3.02. The number of pyridine rings is 1. The molecule has 3 heteroatoms. The van der Waals surface area contributed by atoms with Gasteiger partial charge in [0.1, 0.15) is 0 Å². The number of hydrogen-bond donors (Lipinski definition) is 2. The molecule has 1 aromatic heterocycles. The van der Waals surface area contributed by atoms with E-state index in [1.54, 1.807) is 6.20 Å². The van der Waals surface area contributed by atoms with Crippen molar-refractivity contribution in [1.29, 1.82) is 0 Å². The smallest absolute Gasteiger partial charge is 0.0420 e. The van der Waals surface area contributed by atoms with E-state index in [4.69, 9.17) is 5.84 Å². The summed E-state index contributed by atoms with van der Waals surface area (Å²) in [6.07, 6.45) is 3.35. The summed E-state index contributed by atoms with van der Waals surface area (Å²) in [6, 6.07) is 6.04. The highest BCUT2D eigenvalue weighted by Crippen LogP contribution is 2.01. The summed E-state index contributed by atoms with van der Waals surface area (Å²) in [5.41, 5.74) is 3.78. The monoisotopic (exact) mass is 189 g/mol. The second-order valence-electron chi connectivity index (χ2n) is 3.02. The van der Waals surface area contributed by atoms with Crippen molar-refractivity contribution in [2.75, 3.05) is 0 Å². The van der Waals surface area contributed by atoms with Crippen molar-refractivity contribution < 1.29 is 0 Å². The Labute approximate surface area is 84.7 Å². The first-order valence-electron chi connectivity index (χ1n) is 4.62. The van der Waals surface area contributed by atoms with E-state index in [0.717, 1.165) is 18.5 Å². The molecule has 0 aromatic carbocycles. The molecule has 1 unspecified atom stereocenters. The van der Waals surface area contributed by atoms with Crippen LogP contribution in [0.25, 0.3) is 0 Å². The van der Waals surface area contributed by atoms with Crippen molar-refractivity contribution in [3.05, 3.63) is 30.1 Å². The first kappa shape index (κ1) is 10.7. The Morgan fingerprint density at radius 1 is 1.57 bits per heavy atom. The summed E-state index contributed by atoms with van der Waals surface area (Å²) >= 11 is 0. The van der Waals surface area contributed by atoms with Gasteiger partial charge in [0, 0.05) is 30.8 Å². The third kappa shape index (κ3) is 3.56. The molecule has 0 spiro atoms. The fraction of sp³-hybridized carbons (Fsp3) is 0.364. The predicted molar refractivity (Wildman–Crippen MR) is 57.1 cm³/mol. The van der Waals surface area contributed by atoms with Gasteiger partial charge in [0.25, 0.3) is 0 Å². The standard InChI is InChI=1S/C11H15N3/c1-2-3-6-11(14-12)9-10-7-4-5-8-13-10/h4-5,7-8,11,14H,6,9,12H2,1H3. The molecule has 0 amide bonds. The molecular weight excluding hydrogens is 174 g/mol. The van der Waals surface area contributed by atoms with Gasteiger partial charge < -0.3 is 0 Å². The van der Waals surface area contributed by atoms with Crippen molar-refractivity contribution in [1.82, 2.24) is 10.4 Å². The molecule has 0 aliphatic rings. The molecule has 0 aliphatic carbocycles. The molecule has 0 radical (unpaired) electrons. The minimum atomic E-state index is 0.178. The maximum absolute atomic E-state index is 5.42. The molecule has 0 aliphatic heterocycles. The minimum absolute atomic E-state index is 0.178. The Kier molecular flexibility index (Phi) is 4.70. The quantitative estimate of drug-likeness (QED) is 0.420. The molecule has 0 saturated heterocycles. The zero-order valence-electron chi connectivity index (χ0n) is 8.33.